The van der Waals surface area contributed by atoms with Gasteiger partial charge in [-0.2, -0.15) is 0 Å². The van der Waals surface area contributed by atoms with Gasteiger partial charge in [0.05, 0.1) is 0 Å². The van der Waals surface area contributed by atoms with Crippen molar-refractivity contribution in [1.29, 1.82) is 0 Å². The van der Waals surface area contributed by atoms with Crippen LogP contribution in [0.5, 0.6) is 0 Å². The first-order valence-electron chi connectivity index (χ1n) is 7.42. The molecule has 1 heterocycles. The summed E-state index contributed by atoms with van der Waals surface area (Å²) >= 11 is 0. The fourth-order valence-corrected chi connectivity index (χ4v) is 3.32. The van der Waals surface area contributed by atoms with E-state index in [4.69, 9.17) is 5.73 Å². The summed E-state index contributed by atoms with van der Waals surface area (Å²) in [6, 6.07) is 14.0. The Labute approximate surface area is 132 Å². The van der Waals surface area contributed by atoms with E-state index < -0.39 is 11.6 Å². The predicted molar refractivity (Wildman–Crippen MR) is 86.0 cm³/mol. The van der Waals surface area contributed by atoms with Gasteiger partial charge in [0.25, 0.3) is 0 Å². The summed E-state index contributed by atoms with van der Waals surface area (Å²) in [6.07, 6.45) is 2.46. The highest BCUT2D eigenvalue weighted by Crippen LogP contribution is 2.42. The molecule has 0 bridgehead atoms. The Balaban J connectivity index is 1.90. The van der Waals surface area contributed by atoms with Gasteiger partial charge in [-0.1, -0.05) is 30.3 Å². The maximum atomic E-state index is 13.7. The van der Waals surface area contributed by atoms with Gasteiger partial charge in [-0.3, -0.25) is 0 Å². The van der Waals surface area contributed by atoms with Crippen molar-refractivity contribution in [3.8, 4) is 11.1 Å². The molecule has 2 N–H and O–H groups in total. The molecule has 0 saturated heterocycles. The molecule has 1 unspecified atom stereocenters. The van der Waals surface area contributed by atoms with E-state index in [9.17, 15) is 8.78 Å². The average molecular weight is 308 g/mol. The molecule has 0 saturated carbocycles. The van der Waals surface area contributed by atoms with E-state index in [-0.39, 0.29) is 5.92 Å². The zero-order valence-corrected chi connectivity index (χ0v) is 12.3. The zero-order valence-electron chi connectivity index (χ0n) is 12.3. The van der Waals surface area contributed by atoms with Gasteiger partial charge < -0.3 is 5.73 Å². The van der Waals surface area contributed by atoms with Gasteiger partial charge >= 0.3 is 0 Å². The Morgan fingerprint density at radius 2 is 1.78 bits per heavy atom. The average Bonchev–Trinajstić information content (AvgIpc) is 2.57. The molecule has 4 heteroatoms. The standard InChI is InChI=1S/C19H14F2N2/c20-17-6-5-11(8-18(17)21)15-7-12-10-23-19(22)9-16(12)14-4-2-1-3-13(14)15/h1-6,8-10,15H,7H2,(H2,22,23). The van der Waals surface area contributed by atoms with Crippen LogP contribution in [0.15, 0.2) is 54.7 Å². The van der Waals surface area contributed by atoms with Crippen LogP contribution in [-0.2, 0) is 6.42 Å². The second-order valence-corrected chi connectivity index (χ2v) is 5.78. The smallest absolute Gasteiger partial charge is 0.159 e. The highest BCUT2D eigenvalue weighted by atomic mass is 19.2. The van der Waals surface area contributed by atoms with Crippen molar-refractivity contribution in [3.05, 3.63) is 83.1 Å². The first kappa shape index (κ1) is 13.9. The maximum Gasteiger partial charge on any atom is 0.159 e. The molecule has 0 spiro atoms. The van der Waals surface area contributed by atoms with Crippen LogP contribution in [0.1, 0.15) is 22.6 Å². The molecule has 0 fully saturated rings. The van der Waals surface area contributed by atoms with Crippen LogP contribution in [0.25, 0.3) is 11.1 Å². The third kappa shape index (κ3) is 2.27. The zero-order chi connectivity index (χ0) is 16.0. The van der Waals surface area contributed by atoms with Crippen molar-refractivity contribution in [2.24, 2.45) is 0 Å². The predicted octanol–water partition coefficient (Wildman–Crippen LogP) is 4.30. The summed E-state index contributed by atoms with van der Waals surface area (Å²) in [5.41, 5.74) is 10.9. The number of halogens is 2. The fraction of sp³-hybridized carbons (Fsp3) is 0.105. The number of fused-ring (bicyclic) bond motifs is 3. The second kappa shape index (κ2) is 5.16. The molecule has 3 aromatic rings. The summed E-state index contributed by atoms with van der Waals surface area (Å²) in [5, 5.41) is 0. The molecule has 0 amide bonds. The van der Waals surface area contributed by atoms with Crippen LogP contribution in [-0.4, -0.2) is 4.98 Å². The highest BCUT2D eigenvalue weighted by Gasteiger charge is 2.26. The molecular formula is C19H14F2N2. The van der Waals surface area contributed by atoms with E-state index in [1.54, 1.807) is 12.3 Å². The fourth-order valence-electron chi connectivity index (χ4n) is 3.32. The number of nitrogen functional groups attached to an aromatic ring is 1. The van der Waals surface area contributed by atoms with Gasteiger partial charge in [-0.05, 0) is 52.4 Å². The van der Waals surface area contributed by atoms with Crippen LogP contribution in [0.4, 0.5) is 14.6 Å². The molecule has 0 radical (unpaired) electrons. The largest absolute Gasteiger partial charge is 0.384 e. The van der Waals surface area contributed by atoms with Crippen molar-refractivity contribution in [3.63, 3.8) is 0 Å². The quantitative estimate of drug-likeness (QED) is 0.728. The molecule has 0 aliphatic heterocycles. The van der Waals surface area contributed by atoms with Crippen molar-refractivity contribution < 1.29 is 8.78 Å². The van der Waals surface area contributed by atoms with Crippen LogP contribution < -0.4 is 5.73 Å². The molecule has 1 aliphatic carbocycles. The number of hydrogen-bond donors (Lipinski definition) is 1. The number of anilines is 1. The number of nitrogens with two attached hydrogens (primary N) is 1. The second-order valence-electron chi connectivity index (χ2n) is 5.78. The van der Waals surface area contributed by atoms with Gasteiger partial charge in [0, 0.05) is 12.1 Å². The minimum Gasteiger partial charge on any atom is -0.384 e. The van der Waals surface area contributed by atoms with Crippen LogP contribution in [0, 0.1) is 11.6 Å². The van der Waals surface area contributed by atoms with E-state index in [0.29, 0.717) is 12.2 Å². The van der Waals surface area contributed by atoms with Crippen molar-refractivity contribution >= 4 is 5.82 Å². The summed E-state index contributed by atoms with van der Waals surface area (Å²) < 4.78 is 26.9. The van der Waals surface area contributed by atoms with E-state index >= 15 is 0 Å². The number of benzene rings is 2. The van der Waals surface area contributed by atoms with E-state index in [2.05, 4.69) is 4.98 Å². The SMILES string of the molecule is Nc1cc2c(cn1)CC(c1ccc(F)c(F)c1)c1ccccc1-2. The number of pyridine rings is 1. The summed E-state index contributed by atoms with van der Waals surface area (Å²) in [7, 11) is 0. The number of nitrogens with zero attached hydrogens (tertiary/aromatic N) is 1. The van der Waals surface area contributed by atoms with Crippen molar-refractivity contribution in [2.45, 2.75) is 12.3 Å². The molecule has 2 nitrogen and oxygen atoms in total. The van der Waals surface area contributed by atoms with E-state index in [1.807, 2.05) is 30.3 Å². The van der Waals surface area contributed by atoms with Crippen LogP contribution in [0.3, 0.4) is 0 Å². The molecule has 2 aromatic carbocycles. The molecular weight excluding hydrogens is 294 g/mol. The minimum atomic E-state index is -0.826. The van der Waals surface area contributed by atoms with Crippen molar-refractivity contribution in [1.82, 2.24) is 4.98 Å². The lowest BCUT2D eigenvalue weighted by atomic mass is 9.76. The van der Waals surface area contributed by atoms with Gasteiger partial charge in [0.1, 0.15) is 5.82 Å². The molecule has 1 aromatic heterocycles. The maximum absolute atomic E-state index is 13.7. The van der Waals surface area contributed by atoms with Crippen molar-refractivity contribution in [2.75, 3.05) is 5.73 Å². The molecule has 1 aliphatic rings. The Bertz CT molecular complexity index is 906. The van der Waals surface area contributed by atoms with E-state index in [1.165, 1.54) is 12.1 Å². The van der Waals surface area contributed by atoms with Gasteiger partial charge in [-0.15, -0.1) is 0 Å². The Morgan fingerprint density at radius 3 is 2.61 bits per heavy atom. The molecule has 4 rings (SSSR count). The summed E-state index contributed by atoms with van der Waals surface area (Å²) in [4.78, 5) is 4.17. The Hall–Kier alpha value is -2.75. The van der Waals surface area contributed by atoms with E-state index in [0.717, 1.165) is 27.8 Å². The third-order valence-electron chi connectivity index (χ3n) is 4.40. The van der Waals surface area contributed by atoms with Crippen LogP contribution in [0.2, 0.25) is 0 Å². The first-order valence-corrected chi connectivity index (χ1v) is 7.42. The molecule has 114 valence electrons. The molecule has 23 heavy (non-hydrogen) atoms. The summed E-state index contributed by atoms with van der Waals surface area (Å²) in [5.74, 6) is -1.20. The topological polar surface area (TPSA) is 38.9 Å². The minimum absolute atomic E-state index is 0.0285. The number of aromatic nitrogens is 1. The monoisotopic (exact) mass is 308 g/mol. The van der Waals surface area contributed by atoms with Gasteiger partial charge in [0.15, 0.2) is 11.6 Å². The lowest BCUT2D eigenvalue weighted by Crippen LogP contribution is -2.14. The van der Waals surface area contributed by atoms with Gasteiger partial charge in [0.2, 0.25) is 0 Å². The third-order valence-corrected chi connectivity index (χ3v) is 4.40. The highest BCUT2D eigenvalue weighted by molar-refractivity contribution is 5.76. The molecule has 1 atom stereocenters. The first-order chi connectivity index (χ1) is 11.1. The lowest BCUT2D eigenvalue weighted by molar-refractivity contribution is 0.506. The normalized spacial score (nSPS) is 15.8. The number of hydrogen-bond acceptors (Lipinski definition) is 2. The summed E-state index contributed by atoms with van der Waals surface area (Å²) in [6.45, 7) is 0. The van der Waals surface area contributed by atoms with Crippen LogP contribution >= 0.6 is 0 Å². The lowest BCUT2D eigenvalue weighted by Gasteiger charge is -2.28. The Kier molecular flexibility index (Phi) is 3.11. The Morgan fingerprint density at radius 1 is 0.957 bits per heavy atom. The van der Waals surface area contributed by atoms with Gasteiger partial charge in [-0.25, -0.2) is 13.8 Å². The number of rotatable bonds is 1.